The molecule has 2 rings (SSSR count). The molecule has 0 heterocycles. The van der Waals surface area contributed by atoms with Crippen molar-refractivity contribution in [2.75, 3.05) is 0 Å². The van der Waals surface area contributed by atoms with Crippen LogP contribution >= 0.6 is 0 Å². The van der Waals surface area contributed by atoms with Crippen LogP contribution in [0, 0.1) is 0 Å². The molecule has 0 saturated heterocycles. The van der Waals surface area contributed by atoms with Crippen molar-refractivity contribution in [3.63, 3.8) is 0 Å². The Labute approximate surface area is 94.9 Å². The maximum Gasteiger partial charge on any atom is 0.217 e. The molecule has 1 aliphatic carbocycles. The van der Waals surface area contributed by atoms with E-state index in [4.69, 9.17) is 0 Å². The second-order valence-corrected chi connectivity index (χ2v) is 4.17. The second kappa shape index (κ2) is 4.08. The maximum atomic E-state index is 12.0. The Balaban J connectivity index is 2.28. The third-order valence-corrected chi connectivity index (χ3v) is 2.97. The molecule has 3 nitrogen and oxygen atoms in total. The third-order valence-electron chi connectivity index (χ3n) is 2.97. The Kier molecular flexibility index (Phi) is 2.77. The highest BCUT2D eigenvalue weighted by Gasteiger charge is 2.30. The van der Waals surface area contributed by atoms with Gasteiger partial charge in [-0.3, -0.25) is 9.59 Å². The van der Waals surface area contributed by atoms with Crippen molar-refractivity contribution in [3.8, 4) is 0 Å². The lowest BCUT2D eigenvalue weighted by molar-refractivity contribution is -0.119. The smallest absolute Gasteiger partial charge is 0.217 e. The molecule has 0 saturated carbocycles. The largest absolute Gasteiger partial charge is 0.346 e. The fourth-order valence-electron chi connectivity index (χ4n) is 2.11. The van der Waals surface area contributed by atoms with Crippen molar-refractivity contribution in [1.29, 1.82) is 0 Å². The third kappa shape index (κ3) is 1.85. The number of rotatable bonds is 2. The molecule has 1 aromatic rings. The highest BCUT2D eigenvalue weighted by molar-refractivity contribution is 6.06. The number of nitrogens with one attached hydrogen (secondary N) is 1. The van der Waals surface area contributed by atoms with Gasteiger partial charge in [-0.1, -0.05) is 19.1 Å². The normalized spacial score (nSPS) is 18.4. The van der Waals surface area contributed by atoms with Gasteiger partial charge < -0.3 is 5.32 Å². The first kappa shape index (κ1) is 10.9. The zero-order valence-corrected chi connectivity index (χ0v) is 9.54. The van der Waals surface area contributed by atoms with Crippen molar-refractivity contribution < 1.29 is 9.59 Å². The van der Waals surface area contributed by atoms with Crippen LogP contribution in [-0.4, -0.2) is 17.7 Å². The Hall–Kier alpha value is -1.64. The van der Waals surface area contributed by atoms with E-state index in [1.54, 1.807) is 0 Å². The zero-order chi connectivity index (χ0) is 11.7. The fourth-order valence-corrected chi connectivity index (χ4v) is 2.11. The molecule has 0 aliphatic heterocycles. The minimum absolute atomic E-state index is 0.0421. The summed E-state index contributed by atoms with van der Waals surface area (Å²) in [4.78, 5) is 22.9. The number of aryl methyl sites for hydroxylation is 1. The molecule has 0 radical (unpaired) electrons. The molecule has 1 atom stereocenters. The lowest BCUT2D eigenvalue weighted by Gasteiger charge is -2.07. The average molecular weight is 217 g/mol. The summed E-state index contributed by atoms with van der Waals surface area (Å²) in [7, 11) is 0. The number of hydrogen-bond donors (Lipinski definition) is 1. The molecule has 16 heavy (non-hydrogen) atoms. The van der Waals surface area contributed by atoms with Gasteiger partial charge >= 0.3 is 0 Å². The Morgan fingerprint density at radius 2 is 2.25 bits per heavy atom. The summed E-state index contributed by atoms with van der Waals surface area (Å²) in [6, 6.07) is 5.62. The van der Waals surface area contributed by atoms with E-state index in [0.717, 1.165) is 23.1 Å². The first-order valence-electron chi connectivity index (χ1n) is 5.55. The first-order valence-corrected chi connectivity index (χ1v) is 5.55. The maximum absolute atomic E-state index is 12.0. The van der Waals surface area contributed by atoms with Crippen LogP contribution in [0.5, 0.6) is 0 Å². The summed E-state index contributed by atoms with van der Waals surface area (Å²) in [6.07, 6.45) is 1.54. The number of carbonyl (C=O) groups excluding carboxylic acids is 2. The van der Waals surface area contributed by atoms with E-state index in [1.807, 2.05) is 18.2 Å². The van der Waals surface area contributed by atoms with Gasteiger partial charge in [0.15, 0.2) is 5.78 Å². The molecule has 1 amide bonds. The van der Waals surface area contributed by atoms with Gasteiger partial charge in [-0.05, 0) is 23.6 Å². The quantitative estimate of drug-likeness (QED) is 0.815. The molecule has 1 N–H and O–H groups in total. The summed E-state index contributed by atoms with van der Waals surface area (Å²) in [6.45, 7) is 3.50. The predicted octanol–water partition coefficient (Wildman–Crippen LogP) is 1.49. The molecule has 84 valence electrons. The molecule has 0 spiro atoms. The van der Waals surface area contributed by atoms with Gasteiger partial charge in [0.05, 0.1) is 6.04 Å². The molecule has 1 aromatic carbocycles. The highest BCUT2D eigenvalue weighted by atomic mass is 16.2. The molecular weight excluding hydrogens is 202 g/mol. The van der Waals surface area contributed by atoms with Crippen LogP contribution in [0.15, 0.2) is 18.2 Å². The van der Waals surface area contributed by atoms with Gasteiger partial charge in [0, 0.05) is 18.9 Å². The highest BCUT2D eigenvalue weighted by Crippen LogP contribution is 2.23. The van der Waals surface area contributed by atoms with Gasteiger partial charge in [0.2, 0.25) is 5.91 Å². The van der Waals surface area contributed by atoms with Crippen LogP contribution in [0.2, 0.25) is 0 Å². The van der Waals surface area contributed by atoms with Gasteiger partial charge in [-0.2, -0.15) is 0 Å². The molecule has 0 bridgehead atoms. The Morgan fingerprint density at radius 3 is 2.88 bits per heavy atom. The summed E-state index contributed by atoms with van der Waals surface area (Å²) < 4.78 is 0. The van der Waals surface area contributed by atoms with E-state index in [1.165, 1.54) is 6.92 Å². The average Bonchev–Trinajstić information content (AvgIpc) is 2.55. The summed E-state index contributed by atoms with van der Waals surface area (Å²) >= 11 is 0. The van der Waals surface area contributed by atoms with E-state index >= 15 is 0 Å². The minimum atomic E-state index is -0.361. The fraction of sp³-hybridized carbons (Fsp3) is 0.385. The first-order chi connectivity index (χ1) is 7.61. The number of benzene rings is 1. The van der Waals surface area contributed by atoms with Crippen LogP contribution in [-0.2, 0) is 17.6 Å². The van der Waals surface area contributed by atoms with Crippen LogP contribution < -0.4 is 5.32 Å². The number of Topliss-reactive ketones (excluding diaryl/α,β-unsaturated/α-hetero) is 1. The van der Waals surface area contributed by atoms with Gasteiger partial charge in [0.1, 0.15) is 0 Å². The monoisotopic (exact) mass is 217 g/mol. The summed E-state index contributed by atoms with van der Waals surface area (Å²) in [5, 5.41) is 2.69. The van der Waals surface area contributed by atoms with Crippen molar-refractivity contribution in [3.05, 3.63) is 34.9 Å². The van der Waals surface area contributed by atoms with Crippen LogP contribution in [0.1, 0.15) is 35.3 Å². The van der Waals surface area contributed by atoms with Gasteiger partial charge in [-0.15, -0.1) is 0 Å². The summed E-state index contributed by atoms with van der Waals surface area (Å²) in [5.41, 5.74) is 2.98. The van der Waals surface area contributed by atoms with Gasteiger partial charge in [-0.25, -0.2) is 0 Å². The molecule has 1 aliphatic rings. The van der Waals surface area contributed by atoms with E-state index in [0.29, 0.717) is 6.42 Å². The number of ketones is 1. The molecule has 3 heteroatoms. The number of fused-ring (bicyclic) bond motifs is 1. The molecule has 0 aromatic heterocycles. The molecular formula is C13H15NO2. The van der Waals surface area contributed by atoms with Crippen molar-refractivity contribution >= 4 is 11.7 Å². The predicted molar refractivity (Wildman–Crippen MR) is 61.5 cm³/mol. The SMILES string of the molecule is CCc1ccc2c(c1)C(=O)[C@@H](NC(C)=O)C2. The van der Waals surface area contributed by atoms with Crippen molar-refractivity contribution in [1.82, 2.24) is 5.32 Å². The van der Waals surface area contributed by atoms with Crippen LogP contribution in [0.4, 0.5) is 0 Å². The van der Waals surface area contributed by atoms with E-state index < -0.39 is 0 Å². The lowest BCUT2D eigenvalue weighted by atomic mass is 10.0. The van der Waals surface area contributed by atoms with E-state index in [9.17, 15) is 9.59 Å². The standard InChI is InChI=1S/C13H15NO2/c1-3-9-4-5-10-7-12(14-8(2)15)13(16)11(10)6-9/h4-6,12H,3,7H2,1-2H3,(H,14,15)/t12-/m0/s1. The second-order valence-electron chi connectivity index (χ2n) is 4.17. The van der Waals surface area contributed by atoms with Crippen molar-refractivity contribution in [2.45, 2.75) is 32.7 Å². The lowest BCUT2D eigenvalue weighted by Crippen LogP contribution is -2.37. The van der Waals surface area contributed by atoms with Crippen LogP contribution in [0.3, 0.4) is 0 Å². The van der Waals surface area contributed by atoms with E-state index in [2.05, 4.69) is 12.2 Å². The number of carbonyl (C=O) groups is 2. The molecule has 0 unspecified atom stereocenters. The topological polar surface area (TPSA) is 46.2 Å². The number of hydrogen-bond acceptors (Lipinski definition) is 2. The molecule has 0 fully saturated rings. The summed E-state index contributed by atoms with van der Waals surface area (Å²) in [5.74, 6) is -0.109. The van der Waals surface area contributed by atoms with Crippen molar-refractivity contribution in [2.24, 2.45) is 0 Å². The Bertz CT molecular complexity index is 451. The number of amides is 1. The van der Waals surface area contributed by atoms with Gasteiger partial charge in [0.25, 0.3) is 0 Å². The zero-order valence-electron chi connectivity index (χ0n) is 9.54. The van der Waals surface area contributed by atoms with E-state index in [-0.39, 0.29) is 17.7 Å². The minimum Gasteiger partial charge on any atom is -0.346 e. The van der Waals surface area contributed by atoms with Crippen LogP contribution in [0.25, 0.3) is 0 Å². The Morgan fingerprint density at radius 1 is 1.50 bits per heavy atom.